The van der Waals surface area contributed by atoms with E-state index in [-0.39, 0.29) is 0 Å². The van der Waals surface area contributed by atoms with E-state index < -0.39 is 10.8 Å². The average molecular weight is 164 g/mol. The van der Waals surface area contributed by atoms with Crippen LogP contribution in [0.15, 0.2) is 0 Å². The molecular weight excluding hydrogens is 152 g/mol. The number of hydrogen-bond acceptors (Lipinski definition) is 2. The molecule has 2 unspecified atom stereocenters. The van der Waals surface area contributed by atoms with E-state index in [1.165, 1.54) is 0 Å². The summed E-state index contributed by atoms with van der Waals surface area (Å²) < 4.78 is 11.0. The predicted octanol–water partition coefficient (Wildman–Crippen LogP) is 1.26. The van der Waals surface area contributed by atoms with Crippen molar-refractivity contribution in [2.24, 2.45) is 0 Å². The molecule has 0 bridgehead atoms. The third-order valence-corrected chi connectivity index (χ3v) is 4.73. The van der Waals surface area contributed by atoms with Gasteiger partial charge in [-0.3, -0.25) is 4.21 Å². The first-order chi connectivity index (χ1) is 4.18. The Kier molecular flexibility index (Phi) is 2.59. The zero-order valence-corrected chi connectivity index (χ0v) is 7.43. The van der Waals surface area contributed by atoms with Gasteiger partial charge >= 0.3 is 0 Å². The smallest absolute Gasteiger partial charge is 0.0351 e. The van der Waals surface area contributed by atoms with Crippen LogP contribution in [0.3, 0.4) is 0 Å². The molecule has 1 saturated heterocycles. The number of thioether (sulfide) groups is 1. The highest BCUT2D eigenvalue weighted by molar-refractivity contribution is 8.03. The minimum Gasteiger partial charge on any atom is -0.260 e. The Morgan fingerprint density at radius 3 is 2.11 bits per heavy atom. The van der Waals surface area contributed by atoms with Gasteiger partial charge in [-0.05, 0) is 0 Å². The normalized spacial score (nSPS) is 44.9. The fourth-order valence-electron chi connectivity index (χ4n) is 1.07. The summed E-state index contributed by atoms with van der Waals surface area (Å²) in [6.07, 6.45) is 0. The quantitative estimate of drug-likeness (QED) is 0.536. The fraction of sp³-hybridized carbons (Fsp3) is 1.00. The molecule has 0 aromatic carbocycles. The molecule has 1 aliphatic rings. The largest absolute Gasteiger partial charge is 0.260 e. The van der Waals surface area contributed by atoms with Gasteiger partial charge in [-0.2, -0.15) is 11.8 Å². The van der Waals surface area contributed by atoms with Gasteiger partial charge in [0.2, 0.25) is 0 Å². The molecule has 0 saturated carbocycles. The van der Waals surface area contributed by atoms with Crippen molar-refractivity contribution in [1.82, 2.24) is 0 Å². The maximum absolute atomic E-state index is 11.0. The minimum absolute atomic E-state index is 0.521. The average Bonchev–Trinajstić information content (AvgIpc) is 1.59. The van der Waals surface area contributed by atoms with E-state index in [0.29, 0.717) is 10.5 Å². The van der Waals surface area contributed by atoms with Gasteiger partial charge in [0.05, 0.1) is 0 Å². The second-order valence-electron chi connectivity index (χ2n) is 2.53. The van der Waals surface area contributed by atoms with Crippen LogP contribution in [0.1, 0.15) is 13.8 Å². The van der Waals surface area contributed by atoms with Crippen LogP contribution < -0.4 is 0 Å². The van der Waals surface area contributed by atoms with Crippen molar-refractivity contribution >= 4 is 22.6 Å². The lowest BCUT2D eigenvalue weighted by Crippen LogP contribution is -2.26. The van der Waals surface area contributed by atoms with Crippen LogP contribution in [0.5, 0.6) is 0 Å². The third-order valence-electron chi connectivity index (χ3n) is 1.31. The molecule has 0 radical (unpaired) electrons. The SMILES string of the molecule is CC1CS(=O)CC(C)S1. The highest BCUT2D eigenvalue weighted by atomic mass is 32.2. The lowest BCUT2D eigenvalue weighted by molar-refractivity contribution is 0.679. The number of rotatable bonds is 0. The third kappa shape index (κ3) is 2.30. The Morgan fingerprint density at radius 2 is 1.78 bits per heavy atom. The van der Waals surface area contributed by atoms with Crippen LogP contribution in [-0.4, -0.2) is 26.2 Å². The summed E-state index contributed by atoms with van der Waals surface area (Å²) in [6.45, 7) is 4.30. The van der Waals surface area contributed by atoms with Crippen LogP contribution in [0, 0.1) is 0 Å². The van der Waals surface area contributed by atoms with E-state index >= 15 is 0 Å². The molecule has 1 heterocycles. The van der Waals surface area contributed by atoms with Crippen LogP contribution in [0.4, 0.5) is 0 Å². The Balaban J connectivity index is 2.43. The fourth-order valence-corrected chi connectivity index (χ4v) is 4.58. The van der Waals surface area contributed by atoms with Crippen molar-refractivity contribution in [2.45, 2.75) is 24.3 Å². The molecule has 1 rings (SSSR count). The van der Waals surface area contributed by atoms with E-state index in [1.54, 1.807) is 0 Å². The molecule has 0 aromatic rings. The van der Waals surface area contributed by atoms with Gasteiger partial charge in [0.25, 0.3) is 0 Å². The molecule has 9 heavy (non-hydrogen) atoms. The Labute approximate surface area is 63.1 Å². The molecule has 54 valence electrons. The molecule has 2 atom stereocenters. The summed E-state index contributed by atoms with van der Waals surface area (Å²) in [5.41, 5.74) is 0. The molecule has 1 nitrogen and oxygen atoms in total. The maximum atomic E-state index is 11.0. The van der Waals surface area contributed by atoms with E-state index in [1.807, 2.05) is 11.8 Å². The van der Waals surface area contributed by atoms with E-state index in [2.05, 4.69) is 13.8 Å². The molecule has 3 heteroatoms. The van der Waals surface area contributed by atoms with Gasteiger partial charge in [-0.15, -0.1) is 0 Å². The van der Waals surface area contributed by atoms with Gasteiger partial charge in [-0.1, -0.05) is 13.8 Å². The molecule has 0 amide bonds. The Bertz CT molecular complexity index is 112. The predicted molar refractivity (Wildman–Crippen MR) is 44.4 cm³/mol. The molecular formula is C6H12OS2. The van der Waals surface area contributed by atoms with Crippen LogP contribution in [-0.2, 0) is 10.8 Å². The minimum atomic E-state index is -0.521. The Morgan fingerprint density at radius 1 is 1.33 bits per heavy atom. The second kappa shape index (κ2) is 3.06. The molecule has 0 aromatic heterocycles. The molecule has 1 aliphatic heterocycles. The second-order valence-corrected chi connectivity index (χ2v) is 5.96. The summed E-state index contributed by atoms with van der Waals surface area (Å²) in [7, 11) is -0.521. The first kappa shape index (κ1) is 7.61. The summed E-state index contributed by atoms with van der Waals surface area (Å²) >= 11 is 1.95. The summed E-state index contributed by atoms with van der Waals surface area (Å²) in [5, 5.41) is 1.21. The summed E-state index contributed by atoms with van der Waals surface area (Å²) in [6, 6.07) is 0. The summed E-state index contributed by atoms with van der Waals surface area (Å²) in [5.74, 6) is 1.80. The first-order valence-corrected chi connectivity index (χ1v) is 5.62. The van der Waals surface area contributed by atoms with Crippen molar-refractivity contribution in [2.75, 3.05) is 11.5 Å². The monoisotopic (exact) mass is 164 g/mol. The van der Waals surface area contributed by atoms with E-state index in [0.717, 1.165) is 11.5 Å². The van der Waals surface area contributed by atoms with E-state index in [4.69, 9.17) is 0 Å². The lowest BCUT2D eigenvalue weighted by Gasteiger charge is -2.22. The highest BCUT2D eigenvalue weighted by Gasteiger charge is 2.20. The number of hydrogen-bond donors (Lipinski definition) is 0. The molecule has 0 spiro atoms. The topological polar surface area (TPSA) is 17.1 Å². The molecule has 0 aliphatic carbocycles. The zero-order chi connectivity index (χ0) is 6.85. The lowest BCUT2D eigenvalue weighted by atomic mass is 10.5. The van der Waals surface area contributed by atoms with E-state index in [9.17, 15) is 4.21 Å². The Hall–Kier alpha value is 0.500. The van der Waals surface area contributed by atoms with Gasteiger partial charge in [0.15, 0.2) is 0 Å². The standard InChI is InChI=1S/C6H12OS2/c1-5-3-9(7)4-6(2)8-5/h5-6H,3-4H2,1-2H3. The van der Waals surface area contributed by atoms with Gasteiger partial charge in [-0.25, -0.2) is 0 Å². The van der Waals surface area contributed by atoms with Crippen LogP contribution in [0.25, 0.3) is 0 Å². The van der Waals surface area contributed by atoms with Crippen molar-refractivity contribution < 1.29 is 4.21 Å². The maximum Gasteiger partial charge on any atom is 0.0351 e. The van der Waals surface area contributed by atoms with Crippen molar-refractivity contribution in [3.63, 3.8) is 0 Å². The van der Waals surface area contributed by atoms with Crippen molar-refractivity contribution in [1.29, 1.82) is 0 Å². The van der Waals surface area contributed by atoms with Crippen molar-refractivity contribution in [3.05, 3.63) is 0 Å². The highest BCUT2D eigenvalue weighted by Crippen LogP contribution is 2.23. The molecule has 1 fully saturated rings. The van der Waals surface area contributed by atoms with Gasteiger partial charge < -0.3 is 0 Å². The molecule has 0 N–H and O–H groups in total. The van der Waals surface area contributed by atoms with Crippen LogP contribution >= 0.6 is 11.8 Å². The van der Waals surface area contributed by atoms with Gasteiger partial charge in [0.1, 0.15) is 0 Å². The first-order valence-electron chi connectivity index (χ1n) is 3.19. The van der Waals surface area contributed by atoms with Crippen LogP contribution in [0.2, 0.25) is 0 Å². The van der Waals surface area contributed by atoms with Crippen molar-refractivity contribution in [3.8, 4) is 0 Å². The zero-order valence-electron chi connectivity index (χ0n) is 5.79. The summed E-state index contributed by atoms with van der Waals surface area (Å²) in [4.78, 5) is 0. The van der Waals surface area contributed by atoms with Gasteiger partial charge in [0, 0.05) is 32.8 Å².